The molecule has 8 heteroatoms. The first kappa shape index (κ1) is 18.5. The van der Waals surface area contributed by atoms with Crippen LogP contribution >= 0.6 is 27.3 Å². The van der Waals surface area contributed by atoms with Crippen LogP contribution in [-0.4, -0.2) is 31.1 Å². The van der Waals surface area contributed by atoms with Gasteiger partial charge in [-0.1, -0.05) is 53.3 Å². The highest BCUT2D eigenvalue weighted by molar-refractivity contribution is 9.10. The predicted octanol–water partition coefficient (Wildman–Crippen LogP) is 5.14. The first-order valence-electron chi connectivity index (χ1n) is 8.44. The maximum Gasteiger partial charge on any atom is 0.357 e. The van der Waals surface area contributed by atoms with Gasteiger partial charge in [-0.25, -0.2) is 9.48 Å². The van der Waals surface area contributed by atoms with E-state index in [9.17, 15) is 9.90 Å². The minimum atomic E-state index is -1.11. The van der Waals surface area contributed by atoms with Crippen molar-refractivity contribution in [3.8, 4) is 27.0 Å². The lowest BCUT2D eigenvalue weighted by Gasteiger charge is -2.08. The van der Waals surface area contributed by atoms with Gasteiger partial charge in [-0.3, -0.25) is 0 Å². The van der Waals surface area contributed by atoms with Crippen LogP contribution in [-0.2, 0) is 0 Å². The highest BCUT2D eigenvalue weighted by Crippen LogP contribution is 2.37. The maximum absolute atomic E-state index is 11.7. The molecular weight excluding hydrogens is 440 g/mol. The van der Waals surface area contributed by atoms with Crippen LogP contribution in [0, 0.1) is 13.8 Å². The van der Waals surface area contributed by atoms with Crippen molar-refractivity contribution in [2.45, 2.75) is 13.8 Å². The molecule has 0 aliphatic carbocycles. The lowest BCUT2D eigenvalue weighted by molar-refractivity contribution is 0.0689. The molecule has 0 aliphatic heterocycles. The van der Waals surface area contributed by atoms with Gasteiger partial charge < -0.3 is 5.11 Å². The molecule has 0 fully saturated rings. The molecule has 0 unspecified atom stereocenters. The number of aromatic carboxylic acids is 1. The molecule has 4 aromatic rings. The van der Waals surface area contributed by atoms with Crippen molar-refractivity contribution in [3.63, 3.8) is 0 Å². The molecule has 1 N–H and O–H groups in total. The van der Waals surface area contributed by atoms with E-state index >= 15 is 0 Å². The molecule has 140 valence electrons. The summed E-state index contributed by atoms with van der Waals surface area (Å²) in [5, 5.41) is 23.9. The number of rotatable bonds is 4. The van der Waals surface area contributed by atoms with Crippen molar-refractivity contribution >= 4 is 33.2 Å². The summed E-state index contributed by atoms with van der Waals surface area (Å²) >= 11 is 4.81. The Labute approximate surface area is 173 Å². The molecule has 2 aromatic carbocycles. The molecule has 0 bridgehead atoms. The Morgan fingerprint density at radius 2 is 1.82 bits per heavy atom. The normalized spacial score (nSPS) is 11.0. The minimum Gasteiger partial charge on any atom is -0.476 e. The van der Waals surface area contributed by atoms with Crippen LogP contribution in [0.3, 0.4) is 0 Å². The molecule has 0 saturated heterocycles. The lowest BCUT2D eigenvalue weighted by atomic mass is 10.1. The Hall–Kier alpha value is -2.84. The summed E-state index contributed by atoms with van der Waals surface area (Å²) in [5.41, 5.74) is 4.37. The maximum atomic E-state index is 11.7. The Balaban J connectivity index is 1.91. The SMILES string of the molecule is Cc1cccc(-c2nnc(-c3c(Br)c(C(=O)O)nn3-c3ccccc3C)s2)c1. The molecule has 6 nitrogen and oxygen atoms in total. The van der Waals surface area contributed by atoms with Crippen molar-refractivity contribution in [2.75, 3.05) is 0 Å². The van der Waals surface area contributed by atoms with Crippen LogP contribution < -0.4 is 0 Å². The zero-order valence-corrected chi connectivity index (χ0v) is 17.5. The fourth-order valence-corrected chi connectivity index (χ4v) is 4.52. The monoisotopic (exact) mass is 454 g/mol. The number of carboxylic acids is 1. The quantitative estimate of drug-likeness (QED) is 0.461. The summed E-state index contributed by atoms with van der Waals surface area (Å²) < 4.78 is 2.00. The van der Waals surface area contributed by atoms with Gasteiger partial charge in [-0.15, -0.1) is 10.2 Å². The van der Waals surface area contributed by atoms with E-state index in [1.807, 2.05) is 62.4 Å². The number of carbonyl (C=O) groups is 1. The summed E-state index contributed by atoms with van der Waals surface area (Å²) in [4.78, 5) is 11.7. The number of nitrogens with zero attached hydrogens (tertiary/aromatic N) is 4. The highest BCUT2D eigenvalue weighted by Gasteiger charge is 2.26. The number of hydrogen-bond acceptors (Lipinski definition) is 5. The second-order valence-corrected chi connectivity index (χ2v) is 8.07. The highest BCUT2D eigenvalue weighted by atomic mass is 79.9. The summed E-state index contributed by atoms with van der Waals surface area (Å²) in [5.74, 6) is -1.11. The van der Waals surface area contributed by atoms with E-state index in [0.717, 1.165) is 27.4 Å². The minimum absolute atomic E-state index is 0.0643. The summed E-state index contributed by atoms with van der Waals surface area (Å²) in [7, 11) is 0. The van der Waals surface area contributed by atoms with E-state index in [2.05, 4.69) is 31.2 Å². The van der Waals surface area contributed by atoms with Crippen molar-refractivity contribution in [2.24, 2.45) is 0 Å². The van der Waals surface area contributed by atoms with Gasteiger partial charge in [0.2, 0.25) is 0 Å². The van der Waals surface area contributed by atoms with Crippen molar-refractivity contribution < 1.29 is 9.90 Å². The molecule has 0 spiro atoms. The molecule has 2 heterocycles. The fraction of sp³-hybridized carbons (Fsp3) is 0.100. The van der Waals surface area contributed by atoms with Gasteiger partial charge in [-0.2, -0.15) is 5.10 Å². The Morgan fingerprint density at radius 3 is 2.54 bits per heavy atom. The smallest absolute Gasteiger partial charge is 0.357 e. The van der Waals surface area contributed by atoms with Gasteiger partial charge in [0.25, 0.3) is 0 Å². The standard InChI is InChI=1S/C20H15BrN4O2S/c1-11-6-5-8-13(10-11)18-22-23-19(28-18)17-15(21)16(20(26)27)24-25(17)14-9-4-3-7-12(14)2/h3-10H,1-2H3,(H,26,27). The third-order valence-corrected chi connectivity index (χ3v) is 6.00. The Morgan fingerprint density at radius 1 is 1.07 bits per heavy atom. The van der Waals surface area contributed by atoms with Gasteiger partial charge in [0.15, 0.2) is 10.7 Å². The predicted molar refractivity (Wildman–Crippen MR) is 112 cm³/mol. The van der Waals surface area contributed by atoms with Crippen molar-refractivity contribution in [1.82, 2.24) is 20.0 Å². The van der Waals surface area contributed by atoms with Crippen LogP contribution in [0.25, 0.3) is 27.0 Å². The van der Waals surface area contributed by atoms with E-state index in [1.165, 1.54) is 11.3 Å². The third kappa shape index (κ3) is 3.25. The molecule has 28 heavy (non-hydrogen) atoms. The first-order chi connectivity index (χ1) is 13.5. The molecule has 0 radical (unpaired) electrons. The molecule has 0 aliphatic rings. The van der Waals surface area contributed by atoms with Gasteiger partial charge in [-0.05, 0) is 47.5 Å². The van der Waals surface area contributed by atoms with Crippen LogP contribution in [0.15, 0.2) is 53.0 Å². The number of aromatic nitrogens is 4. The molecule has 4 rings (SSSR count). The largest absolute Gasteiger partial charge is 0.476 e. The van der Waals surface area contributed by atoms with E-state index < -0.39 is 5.97 Å². The average Bonchev–Trinajstić information content (AvgIpc) is 3.27. The topological polar surface area (TPSA) is 80.9 Å². The number of aryl methyl sites for hydroxylation is 2. The van der Waals surface area contributed by atoms with Gasteiger partial charge in [0.1, 0.15) is 10.7 Å². The molecule has 0 saturated carbocycles. The van der Waals surface area contributed by atoms with E-state index in [0.29, 0.717) is 15.2 Å². The van der Waals surface area contributed by atoms with Crippen molar-refractivity contribution in [3.05, 3.63) is 69.8 Å². The van der Waals surface area contributed by atoms with E-state index in [1.54, 1.807) is 4.68 Å². The third-order valence-electron chi connectivity index (χ3n) is 4.27. The lowest BCUT2D eigenvalue weighted by Crippen LogP contribution is -2.03. The first-order valence-corrected chi connectivity index (χ1v) is 10.1. The summed E-state index contributed by atoms with van der Waals surface area (Å²) in [6, 6.07) is 15.7. The molecule has 0 amide bonds. The second kappa shape index (κ2) is 7.29. The van der Waals surface area contributed by atoms with E-state index in [4.69, 9.17) is 0 Å². The average molecular weight is 455 g/mol. The zero-order chi connectivity index (χ0) is 19.8. The van der Waals surface area contributed by atoms with Gasteiger partial charge in [0, 0.05) is 5.56 Å². The molecular formula is C20H15BrN4O2S. The number of halogens is 1. The number of benzene rings is 2. The zero-order valence-electron chi connectivity index (χ0n) is 15.0. The van der Waals surface area contributed by atoms with Crippen LogP contribution in [0.2, 0.25) is 0 Å². The van der Waals surface area contributed by atoms with Crippen LogP contribution in [0.5, 0.6) is 0 Å². The molecule has 0 atom stereocenters. The fourth-order valence-electron chi connectivity index (χ4n) is 2.91. The summed E-state index contributed by atoms with van der Waals surface area (Å²) in [6.07, 6.45) is 0. The Bertz CT molecular complexity index is 1200. The number of carboxylic acid groups (broad SMARTS) is 1. The Kier molecular flexibility index (Phi) is 4.82. The van der Waals surface area contributed by atoms with Crippen LogP contribution in [0.4, 0.5) is 0 Å². The number of hydrogen-bond donors (Lipinski definition) is 1. The van der Waals surface area contributed by atoms with E-state index in [-0.39, 0.29) is 5.69 Å². The van der Waals surface area contributed by atoms with Gasteiger partial charge in [0.05, 0.1) is 10.2 Å². The molecule has 2 aromatic heterocycles. The number of para-hydroxylation sites is 1. The second-order valence-electron chi connectivity index (χ2n) is 6.30. The van der Waals surface area contributed by atoms with Gasteiger partial charge >= 0.3 is 5.97 Å². The van der Waals surface area contributed by atoms with Crippen LogP contribution in [0.1, 0.15) is 21.6 Å². The summed E-state index contributed by atoms with van der Waals surface area (Å²) in [6.45, 7) is 3.97. The van der Waals surface area contributed by atoms with Crippen molar-refractivity contribution in [1.29, 1.82) is 0 Å².